The van der Waals surface area contributed by atoms with Crippen molar-refractivity contribution in [1.82, 2.24) is 0 Å². The Kier molecular flexibility index (Phi) is 32.4. The third-order valence-corrected chi connectivity index (χ3v) is 3.99. The summed E-state index contributed by atoms with van der Waals surface area (Å²) in [5.74, 6) is -0.653. The molecule has 0 aliphatic carbocycles. The van der Waals surface area contributed by atoms with Gasteiger partial charge in [0.2, 0.25) is 0 Å². The van der Waals surface area contributed by atoms with Gasteiger partial charge in [-0.2, -0.15) is 0 Å². The zero-order valence-corrected chi connectivity index (χ0v) is 19.2. The average molecular weight is 389 g/mol. The molecule has 0 radical (unpaired) electrons. The average Bonchev–Trinajstić information content (AvgIpc) is 2.50. The van der Waals surface area contributed by atoms with Gasteiger partial charge in [-0.1, -0.05) is 96.8 Å². The van der Waals surface area contributed by atoms with Gasteiger partial charge in [0.25, 0.3) is 0 Å². The molecule has 1 unspecified atom stereocenters. The second-order valence-electron chi connectivity index (χ2n) is 6.31. The van der Waals surface area contributed by atoms with Gasteiger partial charge in [-0.15, -0.1) is 0 Å². The first-order valence-electron chi connectivity index (χ1n) is 9.50. The van der Waals surface area contributed by atoms with E-state index in [-0.39, 0.29) is 29.6 Å². The van der Waals surface area contributed by atoms with Gasteiger partial charge >= 0.3 is 35.5 Å². The van der Waals surface area contributed by atoms with Crippen LogP contribution in [0.15, 0.2) is 0 Å². The largest absolute Gasteiger partial charge is 1.00 e. The van der Waals surface area contributed by atoms with Gasteiger partial charge in [0, 0.05) is 6.42 Å². The molecule has 0 aromatic carbocycles. The molecule has 0 heterocycles. The van der Waals surface area contributed by atoms with E-state index in [1.807, 2.05) is 0 Å². The molecule has 0 rings (SSSR count). The van der Waals surface area contributed by atoms with E-state index >= 15 is 0 Å². The molecule has 0 fully saturated rings. The van der Waals surface area contributed by atoms with Crippen LogP contribution in [-0.2, 0) is 16.2 Å². The molecule has 2 N–H and O–H groups in total. The summed E-state index contributed by atoms with van der Waals surface area (Å²) in [7, 11) is 0. The van der Waals surface area contributed by atoms with Crippen LogP contribution in [0.3, 0.4) is 0 Å². The number of hydrogen-bond acceptors (Lipinski definition) is 3. The van der Waals surface area contributed by atoms with Crippen molar-refractivity contribution in [2.75, 3.05) is 0 Å². The molecular weight excluding hydrogens is 351 g/mol. The maximum atomic E-state index is 10.3. The molecule has 0 aromatic rings. The van der Waals surface area contributed by atoms with Crippen LogP contribution in [0.4, 0.5) is 0 Å². The summed E-state index contributed by atoms with van der Waals surface area (Å²) < 4.78 is 24.1. The molecule has 0 bridgehead atoms. The summed E-state index contributed by atoms with van der Waals surface area (Å²) in [6.07, 6.45) is 20.2. The molecule has 0 amide bonds. The summed E-state index contributed by atoms with van der Waals surface area (Å²) in [6.45, 7) is 2.27. The first-order valence-corrected chi connectivity index (χ1v) is 10.5. The predicted molar refractivity (Wildman–Crippen MR) is 98.7 cm³/mol. The standard InChI is InChI=1S/C18H36O2.Na.H2O3S/c1-2-3-4-5-6-7-8-9-10-11-12-13-14-15-16-17-18(19)20;;1-4(2)3/h2-17H2,1H3,(H,19,20);;(H2,1,2,3)/q;+1;/p-1. The van der Waals surface area contributed by atoms with E-state index in [0.717, 1.165) is 12.8 Å². The summed E-state index contributed by atoms with van der Waals surface area (Å²) in [5, 5.41) is 8.52. The third-order valence-electron chi connectivity index (χ3n) is 3.99. The number of hydrogen-bond donors (Lipinski definition) is 2. The van der Waals surface area contributed by atoms with Crippen LogP contribution in [0.5, 0.6) is 0 Å². The second-order valence-corrected chi connectivity index (χ2v) is 6.74. The molecule has 0 aromatic heterocycles. The Labute approximate surface area is 179 Å². The normalized spacial score (nSPS) is 11.2. The molecule has 0 saturated heterocycles. The fraction of sp³-hybridized carbons (Fsp3) is 0.944. The van der Waals surface area contributed by atoms with Crippen molar-refractivity contribution < 1.29 is 52.8 Å². The van der Waals surface area contributed by atoms with E-state index in [4.69, 9.17) is 18.4 Å². The third kappa shape index (κ3) is 40.5. The van der Waals surface area contributed by atoms with E-state index in [1.165, 1.54) is 83.5 Å². The van der Waals surface area contributed by atoms with Gasteiger partial charge in [-0.3, -0.25) is 4.79 Å². The summed E-state index contributed by atoms with van der Waals surface area (Å²) >= 11 is -2.86. The Morgan fingerprint density at radius 3 is 1.24 bits per heavy atom. The Morgan fingerprint density at radius 2 is 1.00 bits per heavy atom. The van der Waals surface area contributed by atoms with E-state index < -0.39 is 17.3 Å². The Hall–Kier alpha value is 0.540. The monoisotopic (exact) mass is 388 g/mol. The molecule has 0 aliphatic heterocycles. The van der Waals surface area contributed by atoms with Crippen LogP contribution in [0.1, 0.15) is 110 Å². The molecule has 5 nitrogen and oxygen atoms in total. The quantitative estimate of drug-likeness (QED) is 0.241. The smallest absolute Gasteiger partial charge is 0.750 e. The molecule has 25 heavy (non-hydrogen) atoms. The SMILES string of the molecule is CCCCCCCCCCCCCCCCCC(=O)O.O=S([O-])O.[Na+]. The predicted octanol–water partition coefficient (Wildman–Crippen LogP) is 2.67. The zero-order chi connectivity index (χ0) is 18.5. The number of carboxylic acids is 1. The number of aliphatic carboxylic acids is 1. The molecule has 0 saturated carbocycles. The van der Waals surface area contributed by atoms with Crippen molar-refractivity contribution in [1.29, 1.82) is 0 Å². The fourth-order valence-corrected chi connectivity index (χ4v) is 2.65. The van der Waals surface area contributed by atoms with E-state index in [0.29, 0.717) is 6.42 Å². The Balaban J connectivity index is -0.000000867. The molecule has 0 aliphatic rings. The van der Waals surface area contributed by atoms with Crippen molar-refractivity contribution in [2.24, 2.45) is 0 Å². The van der Waals surface area contributed by atoms with Gasteiger partial charge < -0.3 is 14.2 Å². The van der Waals surface area contributed by atoms with Gasteiger partial charge in [0.1, 0.15) is 0 Å². The topological polar surface area (TPSA) is 97.7 Å². The zero-order valence-electron chi connectivity index (χ0n) is 16.3. The van der Waals surface area contributed by atoms with Gasteiger partial charge in [0.15, 0.2) is 0 Å². The Morgan fingerprint density at radius 1 is 0.760 bits per heavy atom. The van der Waals surface area contributed by atoms with Crippen molar-refractivity contribution in [3.8, 4) is 0 Å². The van der Waals surface area contributed by atoms with Crippen LogP contribution in [0.25, 0.3) is 0 Å². The second kappa shape index (κ2) is 26.8. The molecule has 1 atom stereocenters. The number of rotatable bonds is 16. The van der Waals surface area contributed by atoms with Gasteiger partial charge in [0.05, 0.1) is 11.4 Å². The minimum Gasteiger partial charge on any atom is -0.750 e. The van der Waals surface area contributed by atoms with Gasteiger partial charge in [-0.25, -0.2) is 4.21 Å². The van der Waals surface area contributed by atoms with Crippen molar-refractivity contribution in [2.45, 2.75) is 110 Å². The molecular formula is C18H37NaO5S. The van der Waals surface area contributed by atoms with Gasteiger partial charge in [-0.05, 0) is 6.42 Å². The molecule has 7 heteroatoms. The van der Waals surface area contributed by atoms with Crippen molar-refractivity contribution >= 4 is 17.3 Å². The maximum absolute atomic E-state index is 10.3. The summed E-state index contributed by atoms with van der Waals surface area (Å²) in [6, 6.07) is 0. The van der Waals surface area contributed by atoms with Crippen molar-refractivity contribution in [3.63, 3.8) is 0 Å². The Bertz CT molecular complexity index is 287. The summed E-state index contributed by atoms with van der Waals surface area (Å²) in [5.41, 5.74) is 0. The fourth-order valence-electron chi connectivity index (χ4n) is 2.65. The first-order chi connectivity index (χ1) is 11.5. The van der Waals surface area contributed by atoms with E-state index in [9.17, 15) is 4.79 Å². The molecule has 0 spiro atoms. The van der Waals surface area contributed by atoms with E-state index in [1.54, 1.807) is 0 Å². The minimum absolute atomic E-state index is 0. The van der Waals surface area contributed by atoms with Crippen LogP contribution < -0.4 is 29.6 Å². The molecule has 146 valence electrons. The number of carbonyl (C=O) groups is 1. The first kappa shape index (κ1) is 30.3. The minimum atomic E-state index is -2.86. The maximum Gasteiger partial charge on any atom is 1.00 e. The number of unbranched alkanes of at least 4 members (excludes halogenated alkanes) is 14. The van der Waals surface area contributed by atoms with E-state index in [2.05, 4.69) is 6.92 Å². The number of carboxylic acid groups (broad SMARTS) is 1. The summed E-state index contributed by atoms with van der Waals surface area (Å²) in [4.78, 5) is 10.3. The van der Waals surface area contributed by atoms with Crippen LogP contribution in [-0.4, -0.2) is 24.4 Å². The van der Waals surface area contributed by atoms with Crippen LogP contribution in [0, 0.1) is 0 Å². The van der Waals surface area contributed by atoms with Crippen molar-refractivity contribution in [3.05, 3.63) is 0 Å². The van der Waals surface area contributed by atoms with Crippen LogP contribution >= 0.6 is 0 Å². The van der Waals surface area contributed by atoms with Crippen LogP contribution in [0.2, 0.25) is 0 Å².